The van der Waals surface area contributed by atoms with Gasteiger partial charge in [-0.15, -0.1) is 0 Å². The number of carbonyl (C=O) groups excluding carboxylic acids is 1. The maximum atomic E-state index is 12.2. The van der Waals surface area contributed by atoms with Crippen LogP contribution in [0.2, 0.25) is 0 Å². The van der Waals surface area contributed by atoms with E-state index in [1.807, 2.05) is 60.7 Å². The number of hydrogen-bond acceptors (Lipinski definition) is 3. The third-order valence-electron chi connectivity index (χ3n) is 3.51. The lowest BCUT2D eigenvalue weighted by Gasteiger charge is -2.12. The topological polar surface area (TPSA) is 68.0 Å². The van der Waals surface area contributed by atoms with Crippen molar-refractivity contribution in [2.45, 2.75) is 12.5 Å². The van der Waals surface area contributed by atoms with E-state index in [-0.39, 0.29) is 5.91 Å². The standard InChI is InChI=1S/C18H17N3O/c19-16(11-13-5-2-1-3-6-13)18(22)21-15-8-9-17-14(12-15)7-4-10-20-17/h1-10,12,16H,11,19H2,(H,21,22)/t16-/m0/s1. The molecule has 0 bridgehead atoms. The summed E-state index contributed by atoms with van der Waals surface area (Å²) in [6, 6.07) is 18.6. The van der Waals surface area contributed by atoms with Crippen LogP contribution in [0.15, 0.2) is 66.9 Å². The molecule has 4 nitrogen and oxygen atoms in total. The van der Waals surface area contributed by atoms with Gasteiger partial charge in [-0.25, -0.2) is 0 Å². The quantitative estimate of drug-likeness (QED) is 0.776. The molecular formula is C18H17N3O. The lowest BCUT2D eigenvalue weighted by molar-refractivity contribution is -0.117. The van der Waals surface area contributed by atoms with Crippen molar-refractivity contribution < 1.29 is 4.79 Å². The van der Waals surface area contributed by atoms with Crippen molar-refractivity contribution in [3.63, 3.8) is 0 Å². The van der Waals surface area contributed by atoms with Gasteiger partial charge in [0.15, 0.2) is 0 Å². The molecule has 0 spiro atoms. The Bertz CT molecular complexity index is 786. The number of fused-ring (bicyclic) bond motifs is 1. The summed E-state index contributed by atoms with van der Waals surface area (Å²) in [6.45, 7) is 0. The van der Waals surface area contributed by atoms with Crippen LogP contribution in [0.25, 0.3) is 10.9 Å². The highest BCUT2D eigenvalue weighted by Gasteiger charge is 2.14. The minimum Gasteiger partial charge on any atom is -0.325 e. The number of pyridine rings is 1. The molecule has 1 aromatic heterocycles. The first-order valence-electron chi connectivity index (χ1n) is 7.17. The van der Waals surface area contributed by atoms with Gasteiger partial charge in [0, 0.05) is 17.3 Å². The molecule has 22 heavy (non-hydrogen) atoms. The summed E-state index contributed by atoms with van der Waals surface area (Å²) in [6.07, 6.45) is 2.26. The Morgan fingerprint density at radius 1 is 1.09 bits per heavy atom. The molecule has 3 rings (SSSR count). The third-order valence-corrected chi connectivity index (χ3v) is 3.51. The van der Waals surface area contributed by atoms with Crippen LogP contribution in [-0.4, -0.2) is 16.9 Å². The maximum Gasteiger partial charge on any atom is 0.241 e. The summed E-state index contributed by atoms with van der Waals surface area (Å²) in [5.74, 6) is -0.188. The van der Waals surface area contributed by atoms with E-state index in [2.05, 4.69) is 10.3 Å². The van der Waals surface area contributed by atoms with Crippen molar-refractivity contribution >= 4 is 22.5 Å². The Balaban J connectivity index is 1.69. The summed E-state index contributed by atoms with van der Waals surface area (Å²) in [5.41, 5.74) is 8.66. The predicted molar refractivity (Wildman–Crippen MR) is 88.5 cm³/mol. The Morgan fingerprint density at radius 3 is 2.73 bits per heavy atom. The Kier molecular flexibility index (Phi) is 4.12. The van der Waals surface area contributed by atoms with Crippen molar-refractivity contribution in [3.8, 4) is 0 Å². The fraction of sp³-hybridized carbons (Fsp3) is 0.111. The molecule has 0 aliphatic heterocycles. The molecule has 1 heterocycles. The van der Waals surface area contributed by atoms with Gasteiger partial charge in [0.2, 0.25) is 5.91 Å². The van der Waals surface area contributed by atoms with E-state index in [9.17, 15) is 4.79 Å². The lowest BCUT2D eigenvalue weighted by atomic mass is 10.1. The fourth-order valence-corrected chi connectivity index (χ4v) is 2.35. The molecule has 3 N–H and O–H groups in total. The molecule has 0 saturated heterocycles. The van der Waals surface area contributed by atoms with Crippen LogP contribution in [0.4, 0.5) is 5.69 Å². The van der Waals surface area contributed by atoms with Crippen LogP contribution in [0, 0.1) is 0 Å². The van der Waals surface area contributed by atoms with Crippen molar-refractivity contribution in [1.82, 2.24) is 4.98 Å². The van der Waals surface area contributed by atoms with E-state index in [1.165, 1.54) is 0 Å². The summed E-state index contributed by atoms with van der Waals surface area (Å²) < 4.78 is 0. The number of nitrogens with two attached hydrogens (primary N) is 1. The van der Waals surface area contributed by atoms with E-state index in [0.717, 1.165) is 22.2 Å². The number of nitrogens with zero attached hydrogens (tertiary/aromatic N) is 1. The first-order chi connectivity index (χ1) is 10.7. The van der Waals surface area contributed by atoms with Crippen molar-refractivity contribution in [1.29, 1.82) is 0 Å². The van der Waals surface area contributed by atoms with Gasteiger partial charge in [-0.1, -0.05) is 36.4 Å². The second kappa shape index (κ2) is 6.37. The summed E-state index contributed by atoms with van der Waals surface area (Å²) in [5, 5.41) is 3.85. The normalized spacial score (nSPS) is 12.0. The van der Waals surface area contributed by atoms with Crippen LogP contribution in [0.1, 0.15) is 5.56 Å². The van der Waals surface area contributed by atoms with Gasteiger partial charge in [0.25, 0.3) is 0 Å². The Labute approximate surface area is 129 Å². The highest BCUT2D eigenvalue weighted by atomic mass is 16.2. The van der Waals surface area contributed by atoms with Crippen molar-refractivity contribution in [3.05, 3.63) is 72.4 Å². The molecule has 0 saturated carbocycles. The van der Waals surface area contributed by atoms with E-state index in [0.29, 0.717) is 6.42 Å². The van der Waals surface area contributed by atoms with Gasteiger partial charge in [-0.3, -0.25) is 9.78 Å². The Hall–Kier alpha value is -2.72. The van der Waals surface area contributed by atoms with Gasteiger partial charge >= 0.3 is 0 Å². The fourth-order valence-electron chi connectivity index (χ4n) is 2.35. The minimum atomic E-state index is -0.577. The molecule has 0 radical (unpaired) electrons. The molecule has 110 valence electrons. The summed E-state index contributed by atoms with van der Waals surface area (Å²) in [4.78, 5) is 16.5. The zero-order valence-electron chi connectivity index (χ0n) is 12.1. The van der Waals surface area contributed by atoms with Crippen LogP contribution < -0.4 is 11.1 Å². The van der Waals surface area contributed by atoms with Gasteiger partial charge in [-0.2, -0.15) is 0 Å². The Morgan fingerprint density at radius 2 is 1.91 bits per heavy atom. The van der Waals surface area contributed by atoms with E-state index in [1.54, 1.807) is 6.20 Å². The minimum absolute atomic E-state index is 0.188. The van der Waals surface area contributed by atoms with Gasteiger partial charge in [0.1, 0.15) is 0 Å². The van der Waals surface area contributed by atoms with E-state index in [4.69, 9.17) is 5.73 Å². The molecule has 4 heteroatoms. The van der Waals surface area contributed by atoms with Crippen LogP contribution in [0.3, 0.4) is 0 Å². The first kappa shape index (κ1) is 14.2. The van der Waals surface area contributed by atoms with Crippen molar-refractivity contribution in [2.24, 2.45) is 5.73 Å². The largest absolute Gasteiger partial charge is 0.325 e. The first-order valence-corrected chi connectivity index (χ1v) is 7.17. The van der Waals surface area contributed by atoms with E-state index >= 15 is 0 Å². The van der Waals surface area contributed by atoms with Gasteiger partial charge < -0.3 is 11.1 Å². The third kappa shape index (κ3) is 3.30. The van der Waals surface area contributed by atoms with Crippen molar-refractivity contribution in [2.75, 3.05) is 5.32 Å². The number of nitrogens with one attached hydrogen (secondary N) is 1. The smallest absolute Gasteiger partial charge is 0.241 e. The SMILES string of the molecule is N[C@@H](Cc1ccccc1)C(=O)Nc1ccc2ncccc2c1. The molecular weight excluding hydrogens is 274 g/mol. The van der Waals surface area contributed by atoms with E-state index < -0.39 is 6.04 Å². The highest BCUT2D eigenvalue weighted by molar-refractivity contribution is 5.96. The molecule has 1 amide bonds. The number of carbonyl (C=O) groups is 1. The molecule has 0 unspecified atom stereocenters. The zero-order chi connectivity index (χ0) is 15.4. The number of anilines is 1. The monoisotopic (exact) mass is 291 g/mol. The lowest BCUT2D eigenvalue weighted by Crippen LogP contribution is -2.37. The number of amides is 1. The second-order valence-electron chi connectivity index (χ2n) is 5.20. The predicted octanol–water partition coefficient (Wildman–Crippen LogP) is 2.74. The van der Waals surface area contributed by atoms with Crippen LogP contribution in [-0.2, 0) is 11.2 Å². The molecule has 3 aromatic rings. The molecule has 0 fully saturated rings. The number of hydrogen-bond donors (Lipinski definition) is 2. The maximum absolute atomic E-state index is 12.2. The van der Waals surface area contributed by atoms with Gasteiger partial charge in [0.05, 0.1) is 11.6 Å². The number of rotatable bonds is 4. The van der Waals surface area contributed by atoms with Crippen LogP contribution in [0.5, 0.6) is 0 Å². The summed E-state index contributed by atoms with van der Waals surface area (Å²) in [7, 11) is 0. The molecule has 0 aliphatic rings. The van der Waals surface area contributed by atoms with Crippen LogP contribution >= 0.6 is 0 Å². The summed E-state index contributed by atoms with van der Waals surface area (Å²) >= 11 is 0. The average Bonchev–Trinajstić information content (AvgIpc) is 2.55. The molecule has 2 aromatic carbocycles. The number of aromatic nitrogens is 1. The van der Waals surface area contributed by atoms with Gasteiger partial charge in [-0.05, 0) is 36.2 Å². The molecule has 0 aliphatic carbocycles. The highest BCUT2D eigenvalue weighted by Crippen LogP contribution is 2.17. The second-order valence-corrected chi connectivity index (χ2v) is 5.20. The number of benzene rings is 2. The molecule has 1 atom stereocenters. The zero-order valence-corrected chi connectivity index (χ0v) is 12.1. The average molecular weight is 291 g/mol.